The smallest absolute Gasteiger partial charge is 0.258 e. The minimum Gasteiger partial charge on any atom is -0.373 e. The molecule has 0 saturated heterocycles. The molecule has 0 bridgehead atoms. The summed E-state index contributed by atoms with van der Waals surface area (Å²) in [5.74, 6) is 1.10. The number of rotatable bonds is 4. The number of nitriles is 1. The zero-order chi connectivity index (χ0) is 13.8. The molecule has 0 amide bonds. The first-order valence-corrected chi connectivity index (χ1v) is 5.88. The maximum atomic E-state index is 8.81. The van der Waals surface area contributed by atoms with Crippen molar-refractivity contribution in [2.45, 2.75) is 20.0 Å². The molecule has 0 aliphatic rings. The van der Waals surface area contributed by atoms with Crippen molar-refractivity contribution < 1.29 is 9.26 Å². The summed E-state index contributed by atoms with van der Waals surface area (Å²) in [6.07, 6.45) is 1.32. The molecule has 0 radical (unpaired) electrons. The fourth-order valence-electron chi connectivity index (χ4n) is 1.77. The van der Waals surface area contributed by atoms with E-state index in [-0.39, 0.29) is 12.0 Å². The number of hydrogen-bond acceptors (Lipinski definition) is 6. The quantitative estimate of drug-likeness (QED) is 0.836. The maximum absolute atomic E-state index is 8.81. The molecule has 1 unspecified atom stereocenters. The predicted molar refractivity (Wildman–Crippen MR) is 66.8 cm³/mol. The molecule has 98 valence electrons. The lowest BCUT2D eigenvalue weighted by Crippen LogP contribution is -2.10. The topological polar surface area (TPSA) is 84.8 Å². The lowest BCUT2D eigenvalue weighted by molar-refractivity contribution is 0.0556. The van der Waals surface area contributed by atoms with Gasteiger partial charge in [-0.2, -0.15) is 10.2 Å². The van der Waals surface area contributed by atoms with Gasteiger partial charge in [-0.3, -0.25) is 0 Å². The molecule has 0 saturated carbocycles. The summed E-state index contributed by atoms with van der Waals surface area (Å²) in [6.45, 7) is 4.04. The van der Waals surface area contributed by atoms with E-state index in [1.165, 1.54) is 6.20 Å². The minimum atomic E-state index is -0.213. The van der Waals surface area contributed by atoms with Crippen LogP contribution in [0.3, 0.4) is 0 Å². The van der Waals surface area contributed by atoms with Crippen molar-refractivity contribution in [2.75, 3.05) is 7.11 Å². The average Bonchev–Trinajstić information content (AvgIpc) is 2.89. The lowest BCUT2D eigenvalue weighted by Gasteiger charge is -2.14. The Balaban J connectivity index is 2.32. The van der Waals surface area contributed by atoms with Gasteiger partial charge in [-0.05, 0) is 18.1 Å². The molecular formula is C13H14N4O2. The normalized spacial score (nSPS) is 12.4. The third-order valence-corrected chi connectivity index (χ3v) is 2.68. The van der Waals surface area contributed by atoms with Gasteiger partial charge in [0.25, 0.3) is 5.89 Å². The van der Waals surface area contributed by atoms with Crippen LogP contribution in [0.1, 0.15) is 31.5 Å². The van der Waals surface area contributed by atoms with Gasteiger partial charge in [0, 0.05) is 18.9 Å². The van der Waals surface area contributed by atoms with Crippen molar-refractivity contribution in [3.8, 4) is 17.5 Å². The van der Waals surface area contributed by atoms with Gasteiger partial charge < -0.3 is 9.26 Å². The summed E-state index contributed by atoms with van der Waals surface area (Å²) >= 11 is 0. The van der Waals surface area contributed by atoms with Crippen LogP contribution in [0.4, 0.5) is 0 Å². The van der Waals surface area contributed by atoms with Crippen LogP contribution in [0.5, 0.6) is 0 Å². The van der Waals surface area contributed by atoms with Crippen LogP contribution in [0.25, 0.3) is 11.5 Å². The van der Waals surface area contributed by atoms with Crippen molar-refractivity contribution in [1.82, 2.24) is 15.1 Å². The molecule has 2 rings (SSSR count). The van der Waals surface area contributed by atoms with Gasteiger partial charge in [0.15, 0.2) is 0 Å². The summed E-state index contributed by atoms with van der Waals surface area (Å²) in [4.78, 5) is 8.20. The van der Waals surface area contributed by atoms with E-state index in [1.54, 1.807) is 19.2 Å². The minimum absolute atomic E-state index is 0.213. The third-order valence-electron chi connectivity index (χ3n) is 2.68. The largest absolute Gasteiger partial charge is 0.373 e. The fraction of sp³-hybridized carbons (Fsp3) is 0.385. The van der Waals surface area contributed by atoms with Crippen LogP contribution in [0.2, 0.25) is 0 Å². The number of pyridine rings is 1. The first-order valence-electron chi connectivity index (χ1n) is 5.88. The number of aromatic nitrogens is 3. The molecule has 2 aromatic rings. The van der Waals surface area contributed by atoms with E-state index >= 15 is 0 Å². The zero-order valence-corrected chi connectivity index (χ0v) is 11.0. The zero-order valence-electron chi connectivity index (χ0n) is 11.0. The van der Waals surface area contributed by atoms with Crippen LogP contribution in [-0.2, 0) is 4.74 Å². The molecular weight excluding hydrogens is 244 g/mol. The Hall–Kier alpha value is -2.26. The molecule has 0 aliphatic carbocycles. The van der Waals surface area contributed by atoms with Crippen LogP contribution in [0, 0.1) is 17.2 Å². The fourth-order valence-corrected chi connectivity index (χ4v) is 1.77. The van der Waals surface area contributed by atoms with Crippen LogP contribution < -0.4 is 0 Å². The monoisotopic (exact) mass is 258 g/mol. The SMILES string of the molecule is COC(c1noc(-c2ccnc(C#N)c2)n1)C(C)C. The van der Waals surface area contributed by atoms with Gasteiger partial charge >= 0.3 is 0 Å². The Morgan fingerprint density at radius 1 is 1.42 bits per heavy atom. The predicted octanol–water partition coefficient (Wildman–Crippen LogP) is 2.35. The average molecular weight is 258 g/mol. The van der Waals surface area contributed by atoms with Crippen LogP contribution in [0.15, 0.2) is 22.9 Å². The molecule has 0 aliphatic heterocycles. The van der Waals surface area contributed by atoms with Gasteiger partial charge in [0.1, 0.15) is 17.9 Å². The van der Waals surface area contributed by atoms with E-state index in [1.807, 2.05) is 19.9 Å². The van der Waals surface area contributed by atoms with Crippen molar-refractivity contribution in [3.05, 3.63) is 29.8 Å². The number of ether oxygens (including phenoxy) is 1. The number of hydrogen-bond donors (Lipinski definition) is 0. The molecule has 0 aromatic carbocycles. The molecule has 6 nitrogen and oxygen atoms in total. The Bertz CT molecular complexity index is 601. The highest BCUT2D eigenvalue weighted by Crippen LogP contribution is 2.25. The summed E-state index contributed by atoms with van der Waals surface area (Å²) < 4.78 is 10.5. The highest BCUT2D eigenvalue weighted by atomic mass is 16.5. The van der Waals surface area contributed by atoms with E-state index in [0.717, 1.165) is 0 Å². The second-order valence-corrected chi connectivity index (χ2v) is 4.40. The van der Waals surface area contributed by atoms with E-state index < -0.39 is 0 Å². The summed E-state index contributed by atoms with van der Waals surface area (Å²) in [7, 11) is 1.61. The second kappa shape index (κ2) is 5.59. The Morgan fingerprint density at radius 2 is 2.21 bits per heavy atom. The van der Waals surface area contributed by atoms with Gasteiger partial charge in [-0.15, -0.1) is 0 Å². The Kier molecular flexibility index (Phi) is 3.88. The molecule has 0 fully saturated rings. The maximum Gasteiger partial charge on any atom is 0.258 e. The summed E-state index contributed by atoms with van der Waals surface area (Å²) in [5, 5.41) is 12.7. The molecule has 6 heteroatoms. The van der Waals surface area contributed by atoms with Gasteiger partial charge in [-0.1, -0.05) is 19.0 Å². The first-order chi connectivity index (χ1) is 9.15. The second-order valence-electron chi connectivity index (χ2n) is 4.40. The van der Waals surface area contributed by atoms with E-state index in [4.69, 9.17) is 14.5 Å². The molecule has 0 N–H and O–H groups in total. The van der Waals surface area contributed by atoms with Crippen molar-refractivity contribution >= 4 is 0 Å². The van der Waals surface area contributed by atoms with E-state index in [2.05, 4.69) is 15.1 Å². The van der Waals surface area contributed by atoms with E-state index in [0.29, 0.717) is 23.0 Å². The van der Waals surface area contributed by atoms with Gasteiger partial charge in [-0.25, -0.2) is 4.98 Å². The van der Waals surface area contributed by atoms with Gasteiger partial charge in [0.05, 0.1) is 0 Å². The molecule has 2 heterocycles. The summed E-state index contributed by atoms with van der Waals surface area (Å²) in [6, 6.07) is 5.29. The summed E-state index contributed by atoms with van der Waals surface area (Å²) in [5.41, 5.74) is 0.980. The highest BCUT2D eigenvalue weighted by molar-refractivity contribution is 5.54. The van der Waals surface area contributed by atoms with E-state index in [9.17, 15) is 0 Å². The van der Waals surface area contributed by atoms with Crippen molar-refractivity contribution in [1.29, 1.82) is 5.26 Å². The highest BCUT2D eigenvalue weighted by Gasteiger charge is 2.21. The number of nitrogens with zero attached hydrogens (tertiary/aromatic N) is 4. The van der Waals surface area contributed by atoms with Gasteiger partial charge in [0.2, 0.25) is 5.82 Å². The molecule has 1 atom stereocenters. The first kappa shape index (κ1) is 13.2. The lowest BCUT2D eigenvalue weighted by atomic mass is 10.1. The van der Waals surface area contributed by atoms with Crippen molar-refractivity contribution in [2.24, 2.45) is 5.92 Å². The standard InChI is InChI=1S/C13H14N4O2/c1-8(2)11(18-3)12-16-13(19-17-12)9-4-5-15-10(6-9)7-14/h4-6,8,11H,1-3H3. The Labute approximate surface area is 111 Å². The molecule has 0 spiro atoms. The van der Waals surface area contributed by atoms with Crippen LogP contribution >= 0.6 is 0 Å². The number of methoxy groups -OCH3 is 1. The van der Waals surface area contributed by atoms with Crippen LogP contribution in [-0.4, -0.2) is 22.2 Å². The molecule has 19 heavy (non-hydrogen) atoms. The van der Waals surface area contributed by atoms with Crippen molar-refractivity contribution in [3.63, 3.8) is 0 Å². The Morgan fingerprint density at radius 3 is 2.84 bits per heavy atom. The molecule has 2 aromatic heterocycles. The third kappa shape index (κ3) is 2.77.